The van der Waals surface area contributed by atoms with E-state index >= 15 is 0 Å². The maximum atomic E-state index is 12.4. The van der Waals surface area contributed by atoms with Crippen molar-refractivity contribution in [2.75, 3.05) is 11.1 Å². The van der Waals surface area contributed by atoms with Crippen molar-refractivity contribution >= 4 is 17.3 Å². The second kappa shape index (κ2) is 5.83. The molecular formula is C16H23N3O. The molecule has 0 aromatic heterocycles. The van der Waals surface area contributed by atoms with Crippen molar-refractivity contribution in [3.8, 4) is 0 Å². The molecule has 3 atom stereocenters. The number of fused-ring (bicyclic) bond motifs is 1. The number of anilines is 2. The Morgan fingerprint density at radius 1 is 1.15 bits per heavy atom. The Kier molecular flexibility index (Phi) is 3.92. The van der Waals surface area contributed by atoms with E-state index in [1.807, 2.05) is 18.2 Å². The number of piperidine rings is 1. The highest BCUT2D eigenvalue weighted by atomic mass is 16.2. The average molecular weight is 273 g/mol. The summed E-state index contributed by atoms with van der Waals surface area (Å²) in [7, 11) is 0. The summed E-state index contributed by atoms with van der Waals surface area (Å²) in [5, 5.41) is 6.49. The zero-order chi connectivity index (χ0) is 13.9. The molecule has 0 unspecified atom stereocenters. The van der Waals surface area contributed by atoms with Crippen molar-refractivity contribution < 1.29 is 4.79 Å². The van der Waals surface area contributed by atoms with E-state index in [9.17, 15) is 4.79 Å². The van der Waals surface area contributed by atoms with Crippen molar-refractivity contribution in [3.63, 3.8) is 0 Å². The number of para-hydroxylation sites is 2. The van der Waals surface area contributed by atoms with Crippen LogP contribution in [0.2, 0.25) is 0 Å². The highest BCUT2D eigenvalue weighted by Crippen LogP contribution is 2.32. The van der Waals surface area contributed by atoms with Crippen LogP contribution in [0.1, 0.15) is 38.5 Å². The quantitative estimate of drug-likeness (QED) is 0.725. The second-order valence-electron chi connectivity index (χ2n) is 6.02. The van der Waals surface area contributed by atoms with E-state index in [-0.39, 0.29) is 11.9 Å². The Bertz CT molecular complexity index is 488. The first-order chi connectivity index (χ1) is 9.74. The van der Waals surface area contributed by atoms with Crippen molar-refractivity contribution in [3.05, 3.63) is 24.3 Å². The van der Waals surface area contributed by atoms with Crippen molar-refractivity contribution in [1.82, 2.24) is 5.32 Å². The SMILES string of the molecule is Nc1ccccc1NC(=O)[C@H]1CC[C@@H]2CCCC[C@@H]2N1. The summed E-state index contributed by atoms with van der Waals surface area (Å²) in [4.78, 5) is 12.4. The highest BCUT2D eigenvalue weighted by Gasteiger charge is 2.34. The predicted octanol–water partition coefficient (Wildman–Crippen LogP) is 2.52. The third kappa shape index (κ3) is 2.80. The topological polar surface area (TPSA) is 67.1 Å². The van der Waals surface area contributed by atoms with Gasteiger partial charge in [0.15, 0.2) is 0 Å². The molecule has 1 heterocycles. The molecule has 108 valence electrons. The minimum absolute atomic E-state index is 0.0481. The van der Waals surface area contributed by atoms with E-state index in [1.165, 1.54) is 32.1 Å². The van der Waals surface area contributed by atoms with E-state index in [2.05, 4.69) is 10.6 Å². The van der Waals surface area contributed by atoms with Gasteiger partial charge in [-0.15, -0.1) is 0 Å². The smallest absolute Gasteiger partial charge is 0.241 e. The number of amides is 1. The van der Waals surface area contributed by atoms with Gasteiger partial charge in [-0.1, -0.05) is 25.0 Å². The van der Waals surface area contributed by atoms with Gasteiger partial charge in [-0.25, -0.2) is 0 Å². The fraction of sp³-hybridized carbons (Fsp3) is 0.562. The molecule has 3 rings (SSSR count). The largest absolute Gasteiger partial charge is 0.397 e. The zero-order valence-corrected chi connectivity index (χ0v) is 11.8. The Morgan fingerprint density at radius 3 is 2.80 bits per heavy atom. The molecule has 1 aromatic carbocycles. The maximum Gasteiger partial charge on any atom is 0.241 e. The summed E-state index contributed by atoms with van der Waals surface area (Å²) in [5.41, 5.74) is 7.20. The van der Waals surface area contributed by atoms with Gasteiger partial charge in [0.05, 0.1) is 17.4 Å². The van der Waals surface area contributed by atoms with Gasteiger partial charge in [-0.2, -0.15) is 0 Å². The van der Waals surface area contributed by atoms with Gasteiger partial charge in [-0.05, 0) is 43.7 Å². The molecule has 4 heteroatoms. The van der Waals surface area contributed by atoms with Gasteiger partial charge in [-0.3, -0.25) is 4.79 Å². The zero-order valence-electron chi connectivity index (χ0n) is 11.8. The van der Waals surface area contributed by atoms with E-state index in [0.717, 1.165) is 12.3 Å². The Balaban J connectivity index is 1.62. The fourth-order valence-electron chi connectivity index (χ4n) is 3.53. The molecule has 20 heavy (non-hydrogen) atoms. The summed E-state index contributed by atoms with van der Waals surface area (Å²) < 4.78 is 0. The summed E-state index contributed by atoms with van der Waals surface area (Å²) >= 11 is 0. The van der Waals surface area contributed by atoms with Crippen molar-refractivity contribution in [2.45, 2.75) is 50.6 Å². The number of hydrogen-bond acceptors (Lipinski definition) is 3. The Labute approximate surface area is 120 Å². The average Bonchev–Trinajstić information content (AvgIpc) is 2.49. The first kappa shape index (κ1) is 13.4. The number of nitrogens with one attached hydrogen (secondary N) is 2. The number of carbonyl (C=O) groups excluding carboxylic acids is 1. The molecule has 0 radical (unpaired) electrons. The van der Waals surface area contributed by atoms with Crippen LogP contribution < -0.4 is 16.4 Å². The number of carbonyl (C=O) groups is 1. The molecule has 2 fully saturated rings. The molecule has 1 aliphatic carbocycles. The van der Waals surface area contributed by atoms with E-state index < -0.39 is 0 Å². The van der Waals surface area contributed by atoms with Gasteiger partial charge in [0.2, 0.25) is 5.91 Å². The van der Waals surface area contributed by atoms with Crippen LogP contribution in [0, 0.1) is 5.92 Å². The number of nitrogen functional groups attached to an aromatic ring is 1. The van der Waals surface area contributed by atoms with Crippen LogP contribution in [0.25, 0.3) is 0 Å². The van der Waals surface area contributed by atoms with Crippen LogP contribution in [0.3, 0.4) is 0 Å². The third-order valence-electron chi connectivity index (χ3n) is 4.69. The van der Waals surface area contributed by atoms with Crippen LogP contribution in [0.4, 0.5) is 11.4 Å². The fourth-order valence-corrected chi connectivity index (χ4v) is 3.53. The van der Waals surface area contributed by atoms with Crippen LogP contribution in [0.5, 0.6) is 0 Å². The molecule has 0 spiro atoms. The molecule has 1 amide bonds. The van der Waals surface area contributed by atoms with Crippen LogP contribution in [-0.4, -0.2) is 18.0 Å². The lowest BCUT2D eigenvalue weighted by molar-refractivity contribution is -0.119. The molecule has 4 nitrogen and oxygen atoms in total. The van der Waals surface area contributed by atoms with Gasteiger partial charge >= 0.3 is 0 Å². The minimum atomic E-state index is -0.0750. The van der Waals surface area contributed by atoms with E-state index in [1.54, 1.807) is 6.07 Å². The third-order valence-corrected chi connectivity index (χ3v) is 4.69. The van der Waals surface area contributed by atoms with Gasteiger partial charge in [0.25, 0.3) is 0 Å². The molecule has 2 aliphatic rings. The number of rotatable bonds is 2. The van der Waals surface area contributed by atoms with Crippen molar-refractivity contribution in [2.24, 2.45) is 5.92 Å². The van der Waals surface area contributed by atoms with Crippen LogP contribution >= 0.6 is 0 Å². The standard InChI is InChI=1S/C16H23N3O/c17-12-6-2-4-8-14(12)19-16(20)15-10-9-11-5-1-3-7-13(11)18-15/h2,4,6,8,11,13,15,18H,1,3,5,7,9-10,17H2,(H,19,20)/t11-,13-,15+/m0/s1. The van der Waals surface area contributed by atoms with Crippen LogP contribution in [0.15, 0.2) is 24.3 Å². The van der Waals surface area contributed by atoms with E-state index in [0.29, 0.717) is 17.4 Å². The minimum Gasteiger partial charge on any atom is -0.397 e. The van der Waals surface area contributed by atoms with Crippen molar-refractivity contribution in [1.29, 1.82) is 0 Å². The number of benzene rings is 1. The van der Waals surface area contributed by atoms with Gasteiger partial charge < -0.3 is 16.4 Å². The lowest BCUT2D eigenvalue weighted by Crippen LogP contribution is -2.53. The van der Waals surface area contributed by atoms with Gasteiger partial charge in [0, 0.05) is 6.04 Å². The number of nitrogens with two attached hydrogens (primary N) is 1. The summed E-state index contributed by atoms with van der Waals surface area (Å²) in [6.45, 7) is 0. The summed E-state index contributed by atoms with van der Waals surface area (Å²) in [5.74, 6) is 0.821. The van der Waals surface area contributed by atoms with E-state index in [4.69, 9.17) is 5.73 Å². The van der Waals surface area contributed by atoms with Gasteiger partial charge in [0.1, 0.15) is 0 Å². The Hall–Kier alpha value is -1.55. The number of hydrogen-bond donors (Lipinski definition) is 3. The lowest BCUT2D eigenvalue weighted by Gasteiger charge is -2.39. The lowest BCUT2D eigenvalue weighted by atomic mass is 9.77. The molecule has 4 N–H and O–H groups in total. The first-order valence-electron chi connectivity index (χ1n) is 7.65. The Morgan fingerprint density at radius 2 is 1.95 bits per heavy atom. The predicted molar refractivity (Wildman–Crippen MR) is 81.4 cm³/mol. The monoisotopic (exact) mass is 273 g/mol. The molecule has 1 saturated carbocycles. The molecular weight excluding hydrogens is 250 g/mol. The molecule has 1 aliphatic heterocycles. The first-order valence-corrected chi connectivity index (χ1v) is 7.65. The summed E-state index contributed by atoms with van der Waals surface area (Å²) in [6.07, 6.45) is 7.26. The molecule has 1 saturated heterocycles. The maximum absolute atomic E-state index is 12.4. The summed E-state index contributed by atoms with van der Waals surface area (Å²) in [6, 6.07) is 7.87. The van der Waals surface area contributed by atoms with Crippen LogP contribution in [-0.2, 0) is 4.79 Å². The highest BCUT2D eigenvalue weighted by molar-refractivity contribution is 5.97. The second-order valence-corrected chi connectivity index (χ2v) is 6.02. The normalized spacial score (nSPS) is 29.5. The molecule has 1 aromatic rings. The molecule has 0 bridgehead atoms.